The maximum Gasteiger partial charge on any atom is 0.254 e. The van der Waals surface area contributed by atoms with E-state index in [0.717, 1.165) is 35.3 Å². The Bertz CT molecular complexity index is 592. The first-order chi connectivity index (χ1) is 10.8. The van der Waals surface area contributed by atoms with E-state index in [1.165, 1.54) is 38.5 Å². The van der Waals surface area contributed by atoms with E-state index in [1.807, 2.05) is 17.6 Å². The molecule has 1 aromatic heterocycles. The zero-order valence-corrected chi connectivity index (χ0v) is 13.6. The number of likely N-dealkylation sites (tertiary alicyclic amines) is 1. The molecule has 2 atom stereocenters. The van der Waals surface area contributed by atoms with Gasteiger partial charge < -0.3 is 15.5 Å². The number of fused-ring (bicyclic) bond motifs is 1. The van der Waals surface area contributed by atoms with Gasteiger partial charge in [-0.2, -0.15) is 0 Å². The maximum absolute atomic E-state index is 13.0. The van der Waals surface area contributed by atoms with Crippen LogP contribution in [0, 0.1) is 5.92 Å². The normalized spacial score (nSPS) is 27.6. The molecule has 2 unspecified atom stereocenters. The molecule has 22 heavy (non-hydrogen) atoms. The minimum absolute atomic E-state index is 0.241. The first kappa shape index (κ1) is 14.1. The summed E-state index contributed by atoms with van der Waals surface area (Å²) in [6.07, 6.45) is 9.60. The van der Waals surface area contributed by atoms with E-state index in [-0.39, 0.29) is 5.91 Å². The van der Waals surface area contributed by atoms with Crippen LogP contribution >= 0.6 is 11.3 Å². The van der Waals surface area contributed by atoms with Crippen LogP contribution in [0.4, 0.5) is 0 Å². The number of carbonyl (C=O) groups excluding carboxylic acids is 1. The Morgan fingerprint density at radius 1 is 1.23 bits per heavy atom. The van der Waals surface area contributed by atoms with Crippen LogP contribution in [0.3, 0.4) is 0 Å². The van der Waals surface area contributed by atoms with E-state index in [4.69, 9.17) is 0 Å². The van der Waals surface area contributed by atoms with Crippen LogP contribution in [-0.4, -0.2) is 30.1 Å². The van der Waals surface area contributed by atoms with Crippen LogP contribution in [0.2, 0.25) is 0 Å². The number of hydrogen-bond acceptors (Lipinski definition) is 4. The molecule has 3 heterocycles. The summed E-state index contributed by atoms with van der Waals surface area (Å²) in [4.78, 5) is 16.3. The first-order valence-electron chi connectivity index (χ1n) is 8.40. The molecule has 1 saturated heterocycles. The molecule has 4 nitrogen and oxygen atoms in total. The van der Waals surface area contributed by atoms with E-state index in [9.17, 15) is 4.79 Å². The molecular weight excluding hydrogens is 294 g/mol. The molecule has 4 rings (SSSR count). The van der Waals surface area contributed by atoms with Crippen molar-refractivity contribution in [3.8, 4) is 0 Å². The molecule has 118 valence electrons. The number of rotatable bonds is 2. The van der Waals surface area contributed by atoms with Gasteiger partial charge in [-0.1, -0.05) is 12.8 Å². The lowest BCUT2D eigenvalue weighted by molar-refractivity contribution is 0.0391. The average molecular weight is 317 g/mol. The van der Waals surface area contributed by atoms with Gasteiger partial charge in [0.1, 0.15) is 0 Å². The highest BCUT2D eigenvalue weighted by atomic mass is 32.1. The Kier molecular flexibility index (Phi) is 3.82. The summed E-state index contributed by atoms with van der Waals surface area (Å²) in [6.45, 7) is 1.71. The van der Waals surface area contributed by atoms with Gasteiger partial charge in [0.25, 0.3) is 5.91 Å². The van der Waals surface area contributed by atoms with E-state index in [1.54, 1.807) is 11.3 Å². The van der Waals surface area contributed by atoms with Crippen molar-refractivity contribution in [2.75, 3.05) is 13.2 Å². The maximum atomic E-state index is 13.0. The summed E-state index contributed by atoms with van der Waals surface area (Å²) >= 11 is 1.65. The molecule has 1 aromatic rings. The summed E-state index contributed by atoms with van der Waals surface area (Å²) < 4.78 is 0. The Balaban J connectivity index is 1.53. The molecule has 0 radical (unpaired) electrons. The quantitative estimate of drug-likeness (QED) is 0.881. The van der Waals surface area contributed by atoms with E-state index in [0.29, 0.717) is 6.04 Å². The molecule has 0 spiro atoms. The van der Waals surface area contributed by atoms with Crippen molar-refractivity contribution in [1.82, 2.24) is 15.5 Å². The summed E-state index contributed by atoms with van der Waals surface area (Å²) in [5, 5.41) is 8.45. The standard InChI is InChI=1S/C17H23N3OS/c21-17(13-8-16(22-10-13)14-9-18-11-19-14)20-7-3-5-12-4-1-2-6-15(12)20/h8-10,12,15,18-19H,1-7,11H2. The fraction of sp³-hybridized carbons (Fsp3) is 0.588. The summed E-state index contributed by atoms with van der Waals surface area (Å²) in [5.41, 5.74) is 1.96. The van der Waals surface area contributed by atoms with Crippen molar-refractivity contribution in [2.45, 2.75) is 44.6 Å². The predicted molar refractivity (Wildman–Crippen MR) is 89.5 cm³/mol. The van der Waals surface area contributed by atoms with Crippen molar-refractivity contribution < 1.29 is 4.79 Å². The molecule has 0 bridgehead atoms. The molecule has 2 N–H and O–H groups in total. The lowest BCUT2D eigenvalue weighted by Gasteiger charge is -2.44. The van der Waals surface area contributed by atoms with Crippen LogP contribution < -0.4 is 10.6 Å². The molecule has 2 aliphatic heterocycles. The fourth-order valence-corrected chi connectivity index (χ4v) is 5.02. The lowest BCUT2D eigenvalue weighted by Crippen LogP contribution is -2.49. The third-order valence-electron chi connectivity index (χ3n) is 5.24. The Hall–Kier alpha value is -1.49. The minimum atomic E-state index is 0.241. The largest absolute Gasteiger partial charge is 0.372 e. The zero-order chi connectivity index (χ0) is 14.9. The second-order valence-electron chi connectivity index (χ2n) is 6.57. The summed E-state index contributed by atoms with van der Waals surface area (Å²) in [6, 6.07) is 2.54. The number of nitrogens with one attached hydrogen (secondary N) is 2. The van der Waals surface area contributed by atoms with Gasteiger partial charge in [-0.25, -0.2) is 0 Å². The predicted octanol–water partition coefficient (Wildman–Crippen LogP) is 2.99. The molecule has 3 aliphatic rings. The first-order valence-corrected chi connectivity index (χ1v) is 9.28. The van der Waals surface area contributed by atoms with Crippen LogP contribution in [-0.2, 0) is 0 Å². The van der Waals surface area contributed by atoms with Crippen LogP contribution in [0.1, 0.15) is 53.8 Å². The molecule has 1 saturated carbocycles. The third kappa shape index (κ3) is 2.51. The van der Waals surface area contributed by atoms with Crippen molar-refractivity contribution >= 4 is 22.9 Å². The third-order valence-corrected chi connectivity index (χ3v) is 6.21. The highest BCUT2D eigenvalue weighted by Gasteiger charge is 2.36. The van der Waals surface area contributed by atoms with Gasteiger partial charge in [0.2, 0.25) is 0 Å². The van der Waals surface area contributed by atoms with E-state index >= 15 is 0 Å². The Morgan fingerprint density at radius 3 is 2.95 bits per heavy atom. The minimum Gasteiger partial charge on any atom is -0.372 e. The van der Waals surface area contributed by atoms with Crippen molar-refractivity contribution in [3.05, 3.63) is 28.1 Å². The molecule has 1 amide bonds. The van der Waals surface area contributed by atoms with E-state index in [2.05, 4.69) is 15.5 Å². The van der Waals surface area contributed by atoms with Gasteiger partial charge in [0.05, 0.1) is 22.8 Å². The number of thiophene rings is 1. The van der Waals surface area contributed by atoms with Crippen LogP contribution in [0.25, 0.3) is 5.70 Å². The average Bonchev–Trinajstić information content (AvgIpc) is 3.24. The topological polar surface area (TPSA) is 44.4 Å². The van der Waals surface area contributed by atoms with Crippen molar-refractivity contribution in [1.29, 1.82) is 0 Å². The van der Waals surface area contributed by atoms with Gasteiger partial charge in [-0.15, -0.1) is 11.3 Å². The summed E-state index contributed by atoms with van der Waals surface area (Å²) in [5.74, 6) is 0.985. The highest BCUT2D eigenvalue weighted by Crippen LogP contribution is 2.36. The highest BCUT2D eigenvalue weighted by molar-refractivity contribution is 7.11. The van der Waals surface area contributed by atoms with Crippen molar-refractivity contribution in [2.24, 2.45) is 5.92 Å². The van der Waals surface area contributed by atoms with Gasteiger partial charge in [-0.3, -0.25) is 4.79 Å². The van der Waals surface area contributed by atoms with Gasteiger partial charge in [0, 0.05) is 24.2 Å². The Labute approximate surface area is 135 Å². The second-order valence-corrected chi connectivity index (χ2v) is 7.48. The molecule has 0 aromatic carbocycles. The second kappa shape index (κ2) is 5.95. The molecular formula is C17H23N3OS. The lowest BCUT2D eigenvalue weighted by atomic mass is 9.78. The van der Waals surface area contributed by atoms with Gasteiger partial charge in [-0.05, 0) is 37.7 Å². The number of hydrogen-bond donors (Lipinski definition) is 2. The molecule has 1 aliphatic carbocycles. The molecule has 2 fully saturated rings. The smallest absolute Gasteiger partial charge is 0.254 e. The molecule has 5 heteroatoms. The van der Waals surface area contributed by atoms with Crippen LogP contribution in [0.15, 0.2) is 17.6 Å². The van der Waals surface area contributed by atoms with E-state index < -0.39 is 0 Å². The number of nitrogens with zero attached hydrogens (tertiary/aromatic N) is 1. The van der Waals surface area contributed by atoms with Crippen LogP contribution in [0.5, 0.6) is 0 Å². The Morgan fingerprint density at radius 2 is 2.09 bits per heavy atom. The van der Waals surface area contributed by atoms with Crippen molar-refractivity contribution in [3.63, 3.8) is 0 Å². The number of piperidine rings is 1. The summed E-state index contributed by atoms with van der Waals surface area (Å²) in [7, 11) is 0. The SMILES string of the molecule is O=C(c1csc(C2=CNCN2)c1)N1CCCC2CCCCC21. The van der Waals surface area contributed by atoms with Gasteiger partial charge >= 0.3 is 0 Å². The number of amides is 1. The number of carbonyl (C=O) groups is 1. The zero-order valence-electron chi connectivity index (χ0n) is 12.8. The van der Waals surface area contributed by atoms with Gasteiger partial charge in [0.15, 0.2) is 0 Å². The monoisotopic (exact) mass is 317 g/mol. The fourth-order valence-electron chi connectivity index (χ4n) is 4.14.